The lowest BCUT2D eigenvalue weighted by Crippen LogP contribution is -2.21. The van der Waals surface area contributed by atoms with Gasteiger partial charge < -0.3 is 10.2 Å². The van der Waals surface area contributed by atoms with Gasteiger partial charge in [0, 0.05) is 28.6 Å². The Morgan fingerprint density at radius 1 is 1.35 bits per heavy atom. The molecule has 0 aliphatic heterocycles. The molecule has 1 aromatic carbocycles. The summed E-state index contributed by atoms with van der Waals surface area (Å²) in [4.78, 5) is 7.92. The van der Waals surface area contributed by atoms with E-state index >= 15 is 0 Å². The number of rotatable bonds is 6. The minimum absolute atomic E-state index is 0.716. The summed E-state index contributed by atoms with van der Waals surface area (Å²) in [6, 6.07) is 5.83. The molecule has 2 aromatic rings. The second-order valence-corrected chi connectivity index (χ2v) is 6.68. The average molecular weight is 375 g/mol. The van der Waals surface area contributed by atoms with Gasteiger partial charge in [0.15, 0.2) is 5.13 Å². The van der Waals surface area contributed by atoms with Crippen molar-refractivity contribution in [3.8, 4) is 0 Å². The Hall–Kier alpha value is -0.780. The van der Waals surface area contributed by atoms with Crippen LogP contribution in [0.1, 0.15) is 18.7 Å². The molecule has 0 fully saturated rings. The molecule has 0 saturated carbocycles. The Morgan fingerprint density at radius 3 is 2.75 bits per heavy atom. The monoisotopic (exact) mass is 373 g/mol. The number of benzene rings is 1. The van der Waals surface area contributed by atoms with Gasteiger partial charge in [-0.15, -0.1) is 11.3 Å². The standard InChI is InChI=1S/C14H17BrClN3S/c1-3-19(4-2)14-18-9-11(20-14)8-17-13-6-5-10(15)7-12(13)16/h5-7,9,17H,3-4,8H2,1-2H3. The first-order valence-corrected chi connectivity index (χ1v) is 8.51. The molecule has 20 heavy (non-hydrogen) atoms. The van der Waals surface area contributed by atoms with Crippen LogP contribution in [0.15, 0.2) is 28.9 Å². The number of anilines is 2. The topological polar surface area (TPSA) is 28.2 Å². The van der Waals surface area contributed by atoms with Crippen LogP contribution in [0.2, 0.25) is 5.02 Å². The van der Waals surface area contributed by atoms with E-state index in [1.165, 1.54) is 4.88 Å². The van der Waals surface area contributed by atoms with E-state index in [-0.39, 0.29) is 0 Å². The second-order valence-electron chi connectivity index (χ2n) is 4.26. The fourth-order valence-corrected chi connectivity index (χ4v) is 3.55. The minimum atomic E-state index is 0.716. The van der Waals surface area contributed by atoms with Crippen molar-refractivity contribution in [1.82, 2.24) is 4.98 Å². The molecule has 0 spiro atoms. The lowest BCUT2D eigenvalue weighted by Gasteiger charge is -2.16. The highest BCUT2D eigenvalue weighted by atomic mass is 79.9. The first-order chi connectivity index (χ1) is 9.63. The highest BCUT2D eigenvalue weighted by Gasteiger charge is 2.08. The molecule has 0 atom stereocenters. The van der Waals surface area contributed by atoms with Gasteiger partial charge in [-0.1, -0.05) is 27.5 Å². The van der Waals surface area contributed by atoms with E-state index in [1.54, 1.807) is 11.3 Å². The molecule has 0 aliphatic carbocycles. The minimum Gasteiger partial charge on any atom is -0.379 e. The maximum atomic E-state index is 6.18. The van der Waals surface area contributed by atoms with E-state index in [4.69, 9.17) is 11.6 Å². The highest BCUT2D eigenvalue weighted by Crippen LogP contribution is 2.27. The molecule has 0 saturated heterocycles. The van der Waals surface area contributed by atoms with Crippen LogP contribution in [0.5, 0.6) is 0 Å². The fourth-order valence-electron chi connectivity index (χ4n) is 1.83. The van der Waals surface area contributed by atoms with Crippen molar-refractivity contribution in [1.29, 1.82) is 0 Å². The Morgan fingerprint density at radius 2 is 2.10 bits per heavy atom. The third kappa shape index (κ3) is 3.87. The molecule has 0 amide bonds. The normalized spacial score (nSPS) is 10.6. The predicted molar refractivity (Wildman–Crippen MR) is 92.2 cm³/mol. The summed E-state index contributed by atoms with van der Waals surface area (Å²) in [6.45, 7) is 6.99. The molecule has 1 heterocycles. The van der Waals surface area contributed by atoms with Crippen molar-refractivity contribution < 1.29 is 0 Å². The SMILES string of the molecule is CCN(CC)c1ncc(CNc2ccc(Br)cc2Cl)s1. The Kier molecular flexibility index (Phi) is 5.69. The summed E-state index contributed by atoms with van der Waals surface area (Å²) in [5.74, 6) is 0. The number of halogens is 2. The van der Waals surface area contributed by atoms with Crippen molar-refractivity contribution in [3.05, 3.63) is 38.8 Å². The van der Waals surface area contributed by atoms with Crippen LogP contribution >= 0.6 is 38.9 Å². The van der Waals surface area contributed by atoms with Gasteiger partial charge in [-0.05, 0) is 32.0 Å². The van der Waals surface area contributed by atoms with Gasteiger partial charge in [0.1, 0.15) is 0 Å². The first-order valence-electron chi connectivity index (χ1n) is 6.52. The molecule has 0 unspecified atom stereocenters. The Bertz CT molecular complexity index is 569. The largest absolute Gasteiger partial charge is 0.379 e. The van der Waals surface area contributed by atoms with Crippen molar-refractivity contribution in [2.24, 2.45) is 0 Å². The van der Waals surface area contributed by atoms with Crippen LogP contribution in [0.25, 0.3) is 0 Å². The van der Waals surface area contributed by atoms with Gasteiger partial charge >= 0.3 is 0 Å². The molecule has 1 N–H and O–H groups in total. The van der Waals surface area contributed by atoms with Crippen LogP contribution < -0.4 is 10.2 Å². The van der Waals surface area contributed by atoms with Gasteiger partial charge in [-0.3, -0.25) is 0 Å². The van der Waals surface area contributed by atoms with Gasteiger partial charge in [0.2, 0.25) is 0 Å². The van der Waals surface area contributed by atoms with E-state index in [0.717, 1.165) is 34.9 Å². The van der Waals surface area contributed by atoms with Crippen molar-refractivity contribution in [3.63, 3.8) is 0 Å². The summed E-state index contributed by atoms with van der Waals surface area (Å²) in [5, 5.41) is 5.14. The van der Waals surface area contributed by atoms with Crippen molar-refractivity contribution >= 4 is 49.7 Å². The fraction of sp³-hybridized carbons (Fsp3) is 0.357. The molecule has 0 bridgehead atoms. The molecule has 2 rings (SSSR count). The molecule has 108 valence electrons. The maximum Gasteiger partial charge on any atom is 0.185 e. The summed E-state index contributed by atoms with van der Waals surface area (Å²) in [5.41, 5.74) is 0.938. The lowest BCUT2D eigenvalue weighted by molar-refractivity contribution is 0.860. The molecular formula is C14H17BrClN3S. The number of hydrogen-bond donors (Lipinski definition) is 1. The molecule has 0 radical (unpaired) electrons. The first kappa shape index (κ1) is 15.6. The maximum absolute atomic E-state index is 6.18. The van der Waals surface area contributed by atoms with E-state index in [2.05, 4.69) is 45.0 Å². The Labute approximate surface area is 137 Å². The third-order valence-corrected chi connectivity index (χ3v) is 4.82. The molecule has 3 nitrogen and oxygen atoms in total. The van der Waals surface area contributed by atoms with Crippen LogP contribution in [-0.2, 0) is 6.54 Å². The predicted octanol–water partition coefficient (Wildman–Crippen LogP) is 5.02. The van der Waals surface area contributed by atoms with E-state index < -0.39 is 0 Å². The molecular weight excluding hydrogens is 358 g/mol. The van der Waals surface area contributed by atoms with Crippen LogP contribution in [0, 0.1) is 0 Å². The zero-order valence-electron chi connectivity index (χ0n) is 11.5. The average Bonchev–Trinajstić information content (AvgIpc) is 2.88. The van der Waals surface area contributed by atoms with E-state index in [0.29, 0.717) is 5.02 Å². The number of nitrogens with zero attached hydrogens (tertiary/aromatic N) is 2. The van der Waals surface area contributed by atoms with E-state index in [9.17, 15) is 0 Å². The second kappa shape index (κ2) is 7.29. The number of nitrogens with one attached hydrogen (secondary N) is 1. The molecule has 6 heteroatoms. The highest BCUT2D eigenvalue weighted by molar-refractivity contribution is 9.10. The quantitative estimate of drug-likeness (QED) is 0.769. The summed E-state index contributed by atoms with van der Waals surface area (Å²) < 4.78 is 0.981. The zero-order valence-corrected chi connectivity index (χ0v) is 14.6. The molecule has 0 aliphatic rings. The smallest absolute Gasteiger partial charge is 0.185 e. The van der Waals surface area contributed by atoms with Crippen LogP contribution in [-0.4, -0.2) is 18.1 Å². The zero-order chi connectivity index (χ0) is 14.5. The van der Waals surface area contributed by atoms with Crippen molar-refractivity contribution in [2.45, 2.75) is 20.4 Å². The number of hydrogen-bond acceptors (Lipinski definition) is 4. The van der Waals surface area contributed by atoms with Gasteiger partial charge in [-0.2, -0.15) is 0 Å². The summed E-state index contributed by atoms with van der Waals surface area (Å²) >= 11 is 11.3. The third-order valence-electron chi connectivity index (χ3n) is 2.96. The summed E-state index contributed by atoms with van der Waals surface area (Å²) in [7, 11) is 0. The van der Waals surface area contributed by atoms with Gasteiger partial charge in [-0.25, -0.2) is 4.98 Å². The van der Waals surface area contributed by atoms with Crippen molar-refractivity contribution in [2.75, 3.05) is 23.3 Å². The Balaban J connectivity index is 2.00. The van der Waals surface area contributed by atoms with Gasteiger partial charge in [0.25, 0.3) is 0 Å². The van der Waals surface area contributed by atoms with E-state index in [1.807, 2.05) is 24.4 Å². The van der Waals surface area contributed by atoms with Crippen LogP contribution in [0.3, 0.4) is 0 Å². The van der Waals surface area contributed by atoms with Crippen LogP contribution in [0.4, 0.5) is 10.8 Å². The lowest BCUT2D eigenvalue weighted by atomic mass is 10.3. The summed E-state index contributed by atoms with van der Waals surface area (Å²) in [6.07, 6.45) is 1.93. The number of aromatic nitrogens is 1. The van der Waals surface area contributed by atoms with Gasteiger partial charge in [0.05, 0.1) is 17.3 Å². The molecule has 1 aromatic heterocycles. The number of thiazole rings is 1.